The fourth-order valence-electron chi connectivity index (χ4n) is 2.02. The lowest BCUT2D eigenvalue weighted by Crippen LogP contribution is -1.92. The summed E-state index contributed by atoms with van der Waals surface area (Å²) < 4.78 is 0. The lowest BCUT2D eigenvalue weighted by atomic mass is 10.1. The molecule has 6 nitrogen and oxygen atoms in total. The Balaban J connectivity index is 1.77. The molecule has 0 aliphatic rings. The summed E-state index contributed by atoms with van der Waals surface area (Å²) in [5.74, 6) is 1.37. The van der Waals surface area contributed by atoms with Crippen LogP contribution in [0.4, 0.5) is 5.69 Å². The minimum atomic E-state index is -0.411. The summed E-state index contributed by atoms with van der Waals surface area (Å²) in [6.45, 7) is 0. The van der Waals surface area contributed by atoms with E-state index in [9.17, 15) is 10.1 Å². The van der Waals surface area contributed by atoms with Crippen LogP contribution in [-0.2, 0) is 6.42 Å². The minimum absolute atomic E-state index is 0.0845. The van der Waals surface area contributed by atoms with Gasteiger partial charge in [0.1, 0.15) is 5.82 Å². The van der Waals surface area contributed by atoms with Crippen molar-refractivity contribution in [3.8, 4) is 11.4 Å². The first kappa shape index (κ1) is 13.0. The number of rotatable bonds is 4. The molecule has 0 fully saturated rings. The van der Waals surface area contributed by atoms with E-state index in [2.05, 4.69) is 15.2 Å². The molecule has 2 aromatic carbocycles. The fraction of sp³-hybridized carbons (Fsp3) is 0.0667. The molecule has 21 heavy (non-hydrogen) atoms. The molecule has 3 aromatic rings. The third-order valence-corrected chi connectivity index (χ3v) is 3.08. The fourth-order valence-corrected chi connectivity index (χ4v) is 2.02. The van der Waals surface area contributed by atoms with Gasteiger partial charge in [0.05, 0.1) is 4.92 Å². The monoisotopic (exact) mass is 280 g/mol. The summed E-state index contributed by atoms with van der Waals surface area (Å²) in [7, 11) is 0. The molecule has 1 heterocycles. The highest BCUT2D eigenvalue weighted by Crippen LogP contribution is 2.16. The molecule has 0 bridgehead atoms. The van der Waals surface area contributed by atoms with Gasteiger partial charge in [-0.05, 0) is 5.56 Å². The molecular formula is C15H12N4O2. The van der Waals surface area contributed by atoms with Gasteiger partial charge in [0, 0.05) is 24.1 Å². The van der Waals surface area contributed by atoms with E-state index < -0.39 is 4.92 Å². The lowest BCUT2D eigenvalue weighted by Gasteiger charge is -1.97. The van der Waals surface area contributed by atoms with Crippen molar-refractivity contribution in [1.82, 2.24) is 15.2 Å². The van der Waals surface area contributed by atoms with Gasteiger partial charge < -0.3 is 0 Å². The van der Waals surface area contributed by atoms with Gasteiger partial charge in [0.15, 0.2) is 5.82 Å². The maximum Gasteiger partial charge on any atom is 0.269 e. The second-order valence-electron chi connectivity index (χ2n) is 4.57. The molecule has 1 N–H and O–H groups in total. The van der Waals surface area contributed by atoms with Gasteiger partial charge in [-0.3, -0.25) is 15.2 Å². The molecule has 0 atom stereocenters. The summed E-state index contributed by atoms with van der Waals surface area (Å²) in [6, 6.07) is 16.1. The van der Waals surface area contributed by atoms with Gasteiger partial charge >= 0.3 is 0 Å². The smallest absolute Gasteiger partial charge is 0.262 e. The molecule has 0 aliphatic heterocycles. The summed E-state index contributed by atoms with van der Waals surface area (Å²) in [5.41, 5.74) is 1.97. The van der Waals surface area contributed by atoms with Crippen LogP contribution in [0, 0.1) is 10.1 Å². The predicted molar refractivity (Wildman–Crippen MR) is 77.7 cm³/mol. The number of nitrogens with one attached hydrogen (secondary N) is 1. The van der Waals surface area contributed by atoms with Crippen LogP contribution in [0.25, 0.3) is 11.4 Å². The molecule has 6 heteroatoms. The van der Waals surface area contributed by atoms with Crippen LogP contribution in [0.15, 0.2) is 54.6 Å². The van der Waals surface area contributed by atoms with Gasteiger partial charge in [-0.15, -0.1) is 0 Å². The Hall–Kier alpha value is -3.02. The molecule has 0 radical (unpaired) electrons. The number of nitro benzene ring substituents is 1. The highest BCUT2D eigenvalue weighted by atomic mass is 16.6. The standard InChI is InChI=1S/C15H12N4O2/c20-19(21)13-8-6-11(7-9-13)10-14-16-15(18-17-14)12-4-2-1-3-5-12/h1-9H,10H2,(H,16,17,18). The summed E-state index contributed by atoms with van der Waals surface area (Å²) in [6.07, 6.45) is 0.553. The molecule has 104 valence electrons. The first-order valence-electron chi connectivity index (χ1n) is 6.42. The molecule has 0 aliphatic carbocycles. The normalized spacial score (nSPS) is 10.5. The summed E-state index contributed by atoms with van der Waals surface area (Å²) >= 11 is 0. The van der Waals surface area contributed by atoms with Gasteiger partial charge in [0.2, 0.25) is 0 Å². The van der Waals surface area contributed by atoms with Crippen molar-refractivity contribution in [2.45, 2.75) is 6.42 Å². The SMILES string of the molecule is O=[N+]([O-])c1ccc(Cc2nc(-c3ccccc3)n[nH]2)cc1. The molecule has 3 rings (SSSR count). The maximum absolute atomic E-state index is 10.6. The van der Waals surface area contributed by atoms with Gasteiger partial charge in [-0.2, -0.15) is 5.10 Å². The van der Waals surface area contributed by atoms with Gasteiger partial charge in [0.25, 0.3) is 5.69 Å². The Labute approximate surface area is 120 Å². The minimum Gasteiger partial charge on any atom is -0.262 e. The Kier molecular flexibility index (Phi) is 3.42. The van der Waals surface area contributed by atoms with Crippen molar-refractivity contribution >= 4 is 5.69 Å². The number of nitrogens with zero attached hydrogens (tertiary/aromatic N) is 3. The zero-order valence-electron chi connectivity index (χ0n) is 11.1. The number of nitro groups is 1. The average molecular weight is 280 g/mol. The van der Waals surface area contributed by atoms with Gasteiger partial charge in [-0.1, -0.05) is 42.5 Å². The second kappa shape index (κ2) is 5.54. The van der Waals surface area contributed by atoms with E-state index in [-0.39, 0.29) is 5.69 Å². The number of aromatic amines is 1. The molecule has 0 amide bonds. The molecule has 0 saturated carbocycles. The molecule has 1 aromatic heterocycles. The van der Waals surface area contributed by atoms with Crippen LogP contribution in [0.3, 0.4) is 0 Å². The van der Waals surface area contributed by atoms with E-state index in [1.165, 1.54) is 12.1 Å². The van der Waals surface area contributed by atoms with Crippen LogP contribution in [-0.4, -0.2) is 20.1 Å². The number of hydrogen-bond donors (Lipinski definition) is 1. The van der Waals surface area contributed by atoms with Crippen LogP contribution >= 0.6 is 0 Å². The molecule has 0 saturated heterocycles. The van der Waals surface area contributed by atoms with Crippen LogP contribution < -0.4 is 0 Å². The van der Waals surface area contributed by atoms with Crippen molar-refractivity contribution in [1.29, 1.82) is 0 Å². The second-order valence-corrected chi connectivity index (χ2v) is 4.57. The number of aromatic nitrogens is 3. The largest absolute Gasteiger partial charge is 0.269 e. The highest BCUT2D eigenvalue weighted by Gasteiger charge is 2.08. The number of benzene rings is 2. The Morgan fingerprint density at radius 1 is 1.05 bits per heavy atom. The summed E-state index contributed by atoms with van der Waals surface area (Å²) in [5, 5.41) is 17.7. The van der Waals surface area contributed by atoms with E-state index in [1.54, 1.807) is 12.1 Å². The van der Waals surface area contributed by atoms with E-state index in [0.29, 0.717) is 12.2 Å². The highest BCUT2D eigenvalue weighted by molar-refractivity contribution is 5.53. The molecule has 0 spiro atoms. The maximum atomic E-state index is 10.6. The Morgan fingerprint density at radius 2 is 1.76 bits per heavy atom. The third kappa shape index (κ3) is 2.94. The number of H-pyrrole nitrogens is 1. The Morgan fingerprint density at radius 3 is 2.43 bits per heavy atom. The van der Waals surface area contributed by atoms with Crippen molar-refractivity contribution in [3.05, 3.63) is 76.1 Å². The number of hydrogen-bond acceptors (Lipinski definition) is 4. The lowest BCUT2D eigenvalue weighted by molar-refractivity contribution is -0.384. The van der Waals surface area contributed by atoms with Crippen LogP contribution in [0.1, 0.15) is 11.4 Å². The molecular weight excluding hydrogens is 268 g/mol. The number of non-ortho nitro benzene ring substituents is 1. The van der Waals surface area contributed by atoms with E-state index >= 15 is 0 Å². The van der Waals surface area contributed by atoms with Crippen LogP contribution in [0.5, 0.6) is 0 Å². The van der Waals surface area contributed by atoms with Gasteiger partial charge in [-0.25, -0.2) is 4.98 Å². The predicted octanol–water partition coefficient (Wildman–Crippen LogP) is 2.97. The third-order valence-electron chi connectivity index (χ3n) is 3.08. The first-order valence-corrected chi connectivity index (χ1v) is 6.42. The zero-order valence-corrected chi connectivity index (χ0v) is 11.1. The average Bonchev–Trinajstić information content (AvgIpc) is 2.97. The topological polar surface area (TPSA) is 84.7 Å². The van der Waals surface area contributed by atoms with E-state index in [0.717, 1.165) is 17.0 Å². The zero-order chi connectivity index (χ0) is 14.7. The van der Waals surface area contributed by atoms with Crippen molar-refractivity contribution in [2.75, 3.05) is 0 Å². The van der Waals surface area contributed by atoms with Crippen molar-refractivity contribution < 1.29 is 4.92 Å². The Bertz CT molecular complexity index is 751. The molecule has 0 unspecified atom stereocenters. The van der Waals surface area contributed by atoms with Crippen molar-refractivity contribution in [3.63, 3.8) is 0 Å². The quantitative estimate of drug-likeness (QED) is 0.588. The van der Waals surface area contributed by atoms with Crippen LogP contribution in [0.2, 0.25) is 0 Å². The first-order chi connectivity index (χ1) is 10.2. The van der Waals surface area contributed by atoms with E-state index in [4.69, 9.17) is 0 Å². The summed E-state index contributed by atoms with van der Waals surface area (Å²) in [4.78, 5) is 14.6. The van der Waals surface area contributed by atoms with E-state index in [1.807, 2.05) is 30.3 Å². The van der Waals surface area contributed by atoms with Crippen molar-refractivity contribution in [2.24, 2.45) is 0 Å².